The largest absolute Gasteiger partial charge is 0.493 e. The van der Waals surface area contributed by atoms with Gasteiger partial charge < -0.3 is 14.4 Å². The lowest BCUT2D eigenvalue weighted by molar-refractivity contribution is -0.114. The Hall–Kier alpha value is -3.75. The number of hydrogen-bond donors (Lipinski definition) is 0. The highest BCUT2D eigenvalue weighted by molar-refractivity contribution is 6.06. The van der Waals surface area contributed by atoms with Gasteiger partial charge in [0.15, 0.2) is 23.1 Å². The van der Waals surface area contributed by atoms with Gasteiger partial charge in [-0.15, -0.1) is 0 Å². The van der Waals surface area contributed by atoms with Crippen LogP contribution in [0.5, 0.6) is 11.5 Å². The van der Waals surface area contributed by atoms with Crippen LogP contribution in [0, 0.1) is 0 Å². The maximum Gasteiger partial charge on any atom is 0.387 e. The lowest BCUT2D eigenvalue weighted by atomic mass is 10.1. The van der Waals surface area contributed by atoms with Crippen molar-refractivity contribution in [3.8, 4) is 11.5 Å². The van der Waals surface area contributed by atoms with Crippen molar-refractivity contribution in [3.63, 3.8) is 0 Å². The fraction of sp³-hybridized carbons (Fsp3) is 0.227. The molecule has 9 heteroatoms. The van der Waals surface area contributed by atoms with E-state index in [4.69, 9.17) is 4.74 Å². The van der Waals surface area contributed by atoms with Gasteiger partial charge in [0.2, 0.25) is 0 Å². The van der Waals surface area contributed by atoms with Crippen LogP contribution < -0.4 is 19.3 Å². The molecule has 0 saturated heterocycles. The minimum absolute atomic E-state index is 0.131. The average Bonchev–Trinajstić information content (AvgIpc) is 2.77. The molecule has 0 bridgehead atoms. The maximum absolute atomic E-state index is 13.0. The summed E-state index contributed by atoms with van der Waals surface area (Å²) in [5, 5.41) is 0. The third-order valence-electron chi connectivity index (χ3n) is 4.92. The van der Waals surface area contributed by atoms with E-state index in [1.807, 2.05) is 36.2 Å². The molecule has 0 fully saturated rings. The zero-order valence-electron chi connectivity index (χ0n) is 17.0. The van der Waals surface area contributed by atoms with E-state index in [2.05, 4.69) is 14.7 Å². The Morgan fingerprint density at radius 1 is 1.06 bits per heavy atom. The molecule has 7 nitrogen and oxygen atoms in total. The normalized spacial score (nSPS) is 13.7. The number of carbonyl (C=O) groups is 1. The first kappa shape index (κ1) is 20.5. The number of para-hydroxylation sites is 3. The molecule has 0 unspecified atom stereocenters. The molecule has 1 aromatic heterocycles. The molecule has 0 spiro atoms. The number of rotatable bonds is 5. The van der Waals surface area contributed by atoms with Crippen molar-refractivity contribution in [1.29, 1.82) is 0 Å². The average molecular weight is 426 g/mol. The summed E-state index contributed by atoms with van der Waals surface area (Å²) in [6.45, 7) is -2.02. The standard InChI is InChI=1S/C22H20F2N4O3/c1-27-12-13-28(21-20(27)25-15-7-3-4-8-16(15)26-21)18(29)11-10-14-6-5-9-17(30-2)19(14)31-22(23)24/h3-11,22H,12-13H2,1-2H3/b11-10+. The number of fused-ring (bicyclic) bond motifs is 2. The van der Waals surface area contributed by atoms with Crippen LogP contribution in [0.1, 0.15) is 5.56 Å². The second-order valence-electron chi connectivity index (χ2n) is 6.86. The zero-order valence-corrected chi connectivity index (χ0v) is 17.0. The predicted molar refractivity (Wildman–Crippen MR) is 114 cm³/mol. The predicted octanol–water partition coefficient (Wildman–Crippen LogP) is 3.74. The van der Waals surface area contributed by atoms with Crippen molar-refractivity contribution >= 4 is 34.7 Å². The lowest BCUT2D eigenvalue weighted by Gasteiger charge is -2.33. The van der Waals surface area contributed by atoms with Gasteiger partial charge in [-0.2, -0.15) is 8.78 Å². The van der Waals surface area contributed by atoms with Gasteiger partial charge in [0, 0.05) is 31.8 Å². The molecule has 2 heterocycles. The van der Waals surface area contributed by atoms with Crippen LogP contribution in [-0.4, -0.2) is 49.7 Å². The van der Waals surface area contributed by atoms with Gasteiger partial charge in [-0.3, -0.25) is 9.69 Å². The Bertz CT molecular complexity index is 1150. The van der Waals surface area contributed by atoms with Gasteiger partial charge in [-0.05, 0) is 24.3 Å². The summed E-state index contributed by atoms with van der Waals surface area (Å²) in [5.41, 5.74) is 1.72. The number of aromatic nitrogens is 2. The second kappa shape index (κ2) is 8.55. The highest BCUT2D eigenvalue weighted by Gasteiger charge is 2.27. The van der Waals surface area contributed by atoms with Crippen molar-refractivity contribution in [2.45, 2.75) is 6.61 Å². The SMILES string of the molecule is COc1cccc(/C=C/C(=O)N2CCN(C)c3nc4ccccc4nc32)c1OC(F)F. The number of carbonyl (C=O) groups excluding carboxylic acids is 1. The molecule has 1 amide bonds. The van der Waals surface area contributed by atoms with Crippen molar-refractivity contribution in [2.24, 2.45) is 0 Å². The summed E-state index contributed by atoms with van der Waals surface area (Å²) >= 11 is 0. The van der Waals surface area contributed by atoms with Gasteiger partial charge >= 0.3 is 6.61 Å². The molecule has 160 valence electrons. The van der Waals surface area contributed by atoms with Crippen molar-refractivity contribution in [3.05, 3.63) is 54.1 Å². The van der Waals surface area contributed by atoms with E-state index in [0.29, 0.717) is 35.8 Å². The number of likely N-dealkylation sites (N-methyl/N-ethyl adjacent to an activating group) is 1. The number of ether oxygens (including phenoxy) is 2. The molecule has 0 radical (unpaired) electrons. The zero-order chi connectivity index (χ0) is 22.0. The first-order valence-electron chi connectivity index (χ1n) is 9.57. The van der Waals surface area contributed by atoms with Crippen LogP contribution in [0.2, 0.25) is 0 Å². The van der Waals surface area contributed by atoms with Crippen molar-refractivity contribution < 1.29 is 23.0 Å². The van der Waals surface area contributed by atoms with Crippen LogP contribution in [0.15, 0.2) is 48.5 Å². The Balaban J connectivity index is 1.67. The Labute approximate surface area is 177 Å². The summed E-state index contributed by atoms with van der Waals surface area (Å²) < 4.78 is 35.4. The fourth-order valence-corrected chi connectivity index (χ4v) is 3.39. The summed E-state index contributed by atoms with van der Waals surface area (Å²) in [4.78, 5) is 25.7. The molecule has 0 aliphatic carbocycles. The van der Waals surface area contributed by atoms with Gasteiger partial charge in [-0.25, -0.2) is 9.97 Å². The smallest absolute Gasteiger partial charge is 0.387 e. The molecule has 0 N–H and O–H groups in total. The quantitative estimate of drug-likeness (QED) is 0.579. The lowest BCUT2D eigenvalue weighted by Crippen LogP contribution is -2.43. The van der Waals surface area contributed by atoms with E-state index in [0.717, 1.165) is 5.52 Å². The second-order valence-corrected chi connectivity index (χ2v) is 6.86. The molecule has 1 aliphatic rings. The number of methoxy groups -OCH3 is 1. The van der Waals surface area contributed by atoms with Gasteiger partial charge in [0.25, 0.3) is 5.91 Å². The van der Waals surface area contributed by atoms with E-state index in [1.165, 1.54) is 30.2 Å². The first-order valence-corrected chi connectivity index (χ1v) is 9.57. The number of nitrogens with zero attached hydrogens (tertiary/aromatic N) is 4. The van der Waals surface area contributed by atoms with Crippen LogP contribution in [0.25, 0.3) is 17.1 Å². The molecular weight excluding hydrogens is 406 g/mol. The fourth-order valence-electron chi connectivity index (χ4n) is 3.39. The Morgan fingerprint density at radius 3 is 2.45 bits per heavy atom. The van der Waals surface area contributed by atoms with Gasteiger partial charge in [0.05, 0.1) is 18.1 Å². The third-order valence-corrected chi connectivity index (χ3v) is 4.92. The van der Waals surface area contributed by atoms with E-state index in [1.54, 1.807) is 12.1 Å². The first-order chi connectivity index (χ1) is 15.0. The number of amides is 1. The highest BCUT2D eigenvalue weighted by atomic mass is 19.3. The molecule has 1 aliphatic heterocycles. The minimum atomic E-state index is -3.02. The maximum atomic E-state index is 13.0. The molecular formula is C22H20F2N4O3. The molecule has 4 rings (SSSR count). The Kier molecular flexibility index (Phi) is 5.66. The minimum Gasteiger partial charge on any atom is -0.493 e. The molecule has 3 aromatic rings. The van der Waals surface area contributed by atoms with Crippen LogP contribution in [0.3, 0.4) is 0 Å². The number of alkyl halides is 2. The summed E-state index contributed by atoms with van der Waals surface area (Å²) in [6, 6.07) is 12.1. The molecule has 31 heavy (non-hydrogen) atoms. The molecule has 0 atom stereocenters. The highest BCUT2D eigenvalue weighted by Crippen LogP contribution is 2.34. The van der Waals surface area contributed by atoms with Gasteiger partial charge in [-0.1, -0.05) is 24.3 Å². The van der Waals surface area contributed by atoms with Gasteiger partial charge in [0.1, 0.15) is 0 Å². The van der Waals surface area contributed by atoms with E-state index in [9.17, 15) is 13.6 Å². The monoisotopic (exact) mass is 426 g/mol. The van der Waals surface area contributed by atoms with Crippen molar-refractivity contribution in [2.75, 3.05) is 37.0 Å². The summed E-state index contributed by atoms with van der Waals surface area (Å²) in [6.07, 6.45) is 2.73. The number of anilines is 2. The van der Waals surface area contributed by atoms with Crippen LogP contribution in [0.4, 0.5) is 20.4 Å². The Morgan fingerprint density at radius 2 is 1.77 bits per heavy atom. The molecule has 0 saturated carbocycles. The third kappa shape index (κ3) is 4.11. The van der Waals surface area contributed by atoms with Crippen molar-refractivity contribution in [1.82, 2.24) is 9.97 Å². The number of hydrogen-bond acceptors (Lipinski definition) is 6. The number of benzene rings is 2. The summed E-state index contributed by atoms with van der Waals surface area (Å²) in [5.74, 6) is 0.738. The van der Waals surface area contributed by atoms with E-state index >= 15 is 0 Å². The van der Waals surface area contributed by atoms with Crippen LogP contribution >= 0.6 is 0 Å². The van der Waals surface area contributed by atoms with E-state index < -0.39 is 6.61 Å². The topological polar surface area (TPSA) is 67.8 Å². The van der Waals surface area contributed by atoms with E-state index in [-0.39, 0.29) is 17.4 Å². The number of halogens is 2. The summed E-state index contributed by atoms with van der Waals surface area (Å²) in [7, 11) is 3.25. The molecule has 2 aromatic carbocycles. The van der Waals surface area contributed by atoms with Crippen LogP contribution in [-0.2, 0) is 4.79 Å².